The van der Waals surface area contributed by atoms with Gasteiger partial charge in [-0.05, 0) is 44.2 Å². The summed E-state index contributed by atoms with van der Waals surface area (Å²) in [5.41, 5.74) is 3.52. The Morgan fingerprint density at radius 2 is 1.95 bits per heavy atom. The van der Waals surface area contributed by atoms with Crippen molar-refractivity contribution in [3.8, 4) is 0 Å². The van der Waals surface area contributed by atoms with E-state index in [0.717, 1.165) is 36.5 Å². The maximum atomic E-state index is 4.62. The zero-order chi connectivity index (χ0) is 15.5. The molecule has 0 unspecified atom stereocenters. The van der Waals surface area contributed by atoms with E-state index in [4.69, 9.17) is 0 Å². The van der Waals surface area contributed by atoms with Gasteiger partial charge in [0.05, 0.1) is 6.20 Å². The van der Waals surface area contributed by atoms with E-state index in [1.54, 1.807) is 6.20 Å². The number of nitrogens with one attached hydrogen (secondary N) is 1. The van der Waals surface area contributed by atoms with Crippen LogP contribution in [0, 0.1) is 19.8 Å². The van der Waals surface area contributed by atoms with E-state index in [1.807, 2.05) is 0 Å². The third-order valence-corrected chi connectivity index (χ3v) is 4.26. The van der Waals surface area contributed by atoms with Gasteiger partial charge in [0, 0.05) is 18.8 Å². The highest BCUT2D eigenvalue weighted by Gasteiger charge is 2.18. The van der Waals surface area contributed by atoms with Crippen LogP contribution in [0.25, 0.3) is 0 Å². The number of hydrogen-bond acceptors (Lipinski definition) is 5. The monoisotopic (exact) mass is 297 g/mol. The molecule has 0 spiro atoms. The molecule has 22 heavy (non-hydrogen) atoms. The zero-order valence-electron chi connectivity index (χ0n) is 13.5. The molecule has 0 aliphatic carbocycles. The van der Waals surface area contributed by atoms with E-state index >= 15 is 0 Å². The predicted molar refractivity (Wildman–Crippen MR) is 89.6 cm³/mol. The smallest absolute Gasteiger partial charge is 0.247 e. The Morgan fingerprint density at radius 1 is 1.18 bits per heavy atom. The molecule has 5 heteroatoms. The summed E-state index contributed by atoms with van der Waals surface area (Å²) in [6, 6.07) is 6.33. The summed E-state index contributed by atoms with van der Waals surface area (Å²) < 4.78 is 0. The lowest BCUT2D eigenvalue weighted by atomic mass is 10.00. The van der Waals surface area contributed by atoms with Crippen LogP contribution in [0.15, 0.2) is 24.4 Å². The van der Waals surface area contributed by atoms with Crippen molar-refractivity contribution in [1.29, 1.82) is 0 Å². The minimum atomic E-state index is 0.724. The summed E-state index contributed by atoms with van der Waals surface area (Å²) in [5.74, 6) is 2.26. The highest BCUT2D eigenvalue weighted by Crippen LogP contribution is 2.23. The minimum Gasteiger partial charge on any atom is -0.339 e. The average molecular weight is 297 g/mol. The van der Waals surface area contributed by atoms with E-state index in [2.05, 4.69) is 64.4 Å². The first-order valence-corrected chi connectivity index (χ1v) is 7.91. The van der Waals surface area contributed by atoms with Crippen LogP contribution in [-0.2, 0) is 0 Å². The minimum absolute atomic E-state index is 0.724. The SMILES string of the molecule is Cc1ccc(Nc2cnnc(N3CCC(C)CC3)n2)c(C)c1. The average Bonchev–Trinajstić information content (AvgIpc) is 2.51. The lowest BCUT2D eigenvalue weighted by molar-refractivity contribution is 0.433. The molecule has 5 nitrogen and oxygen atoms in total. The number of anilines is 3. The highest BCUT2D eigenvalue weighted by atomic mass is 15.3. The van der Waals surface area contributed by atoms with Gasteiger partial charge in [-0.3, -0.25) is 0 Å². The Morgan fingerprint density at radius 3 is 2.68 bits per heavy atom. The Bertz CT molecular complexity index is 647. The summed E-state index contributed by atoms with van der Waals surface area (Å²) in [7, 11) is 0. The van der Waals surface area contributed by atoms with Crippen LogP contribution in [0.4, 0.5) is 17.5 Å². The van der Waals surface area contributed by atoms with Gasteiger partial charge in [-0.1, -0.05) is 24.6 Å². The van der Waals surface area contributed by atoms with Crippen molar-refractivity contribution in [2.75, 3.05) is 23.3 Å². The van der Waals surface area contributed by atoms with Crippen molar-refractivity contribution in [3.63, 3.8) is 0 Å². The van der Waals surface area contributed by atoms with Crippen molar-refractivity contribution in [2.45, 2.75) is 33.6 Å². The third kappa shape index (κ3) is 3.35. The zero-order valence-corrected chi connectivity index (χ0v) is 13.5. The Kier molecular flexibility index (Phi) is 4.22. The highest BCUT2D eigenvalue weighted by molar-refractivity contribution is 5.60. The fraction of sp³-hybridized carbons (Fsp3) is 0.471. The van der Waals surface area contributed by atoms with Crippen LogP contribution < -0.4 is 10.2 Å². The third-order valence-electron chi connectivity index (χ3n) is 4.26. The Balaban J connectivity index is 1.76. The number of benzene rings is 1. The summed E-state index contributed by atoms with van der Waals surface area (Å²) in [6.45, 7) is 8.51. The number of aromatic nitrogens is 3. The fourth-order valence-corrected chi connectivity index (χ4v) is 2.79. The van der Waals surface area contributed by atoms with Gasteiger partial charge in [-0.25, -0.2) is 0 Å². The van der Waals surface area contributed by atoms with Crippen molar-refractivity contribution in [2.24, 2.45) is 5.92 Å². The molecule has 0 atom stereocenters. The van der Waals surface area contributed by atoms with Crippen LogP contribution in [-0.4, -0.2) is 28.3 Å². The summed E-state index contributed by atoms with van der Waals surface area (Å²) in [6.07, 6.45) is 4.06. The van der Waals surface area contributed by atoms with Crippen LogP contribution in [0.5, 0.6) is 0 Å². The van der Waals surface area contributed by atoms with Gasteiger partial charge in [0.25, 0.3) is 0 Å². The van der Waals surface area contributed by atoms with Gasteiger partial charge in [0.15, 0.2) is 5.82 Å². The standard InChI is InChI=1S/C17H23N5/c1-12-6-8-22(9-7-12)17-20-16(11-18-21-17)19-15-5-4-13(2)10-14(15)3/h4-5,10-12H,6-9H2,1-3H3,(H,19,20,21). The quantitative estimate of drug-likeness (QED) is 0.940. The van der Waals surface area contributed by atoms with Gasteiger partial charge in [-0.15, -0.1) is 5.10 Å². The number of hydrogen-bond donors (Lipinski definition) is 1. The lowest BCUT2D eigenvalue weighted by Gasteiger charge is -2.29. The molecule has 1 N–H and O–H groups in total. The molecule has 2 aromatic rings. The first kappa shape index (κ1) is 14.8. The van der Waals surface area contributed by atoms with Crippen molar-refractivity contribution >= 4 is 17.5 Å². The van der Waals surface area contributed by atoms with Crippen molar-refractivity contribution in [3.05, 3.63) is 35.5 Å². The first-order chi connectivity index (χ1) is 10.6. The summed E-state index contributed by atoms with van der Waals surface area (Å²) >= 11 is 0. The van der Waals surface area contributed by atoms with Crippen LogP contribution in [0.3, 0.4) is 0 Å². The molecular weight excluding hydrogens is 274 g/mol. The molecule has 0 amide bonds. The Labute approximate surface area is 131 Å². The molecule has 2 heterocycles. The molecule has 0 radical (unpaired) electrons. The van der Waals surface area contributed by atoms with E-state index in [0.29, 0.717) is 0 Å². The van der Waals surface area contributed by atoms with Crippen molar-refractivity contribution in [1.82, 2.24) is 15.2 Å². The molecule has 0 bridgehead atoms. The van der Waals surface area contributed by atoms with Gasteiger partial charge in [0.1, 0.15) is 0 Å². The van der Waals surface area contributed by atoms with E-state index in [1.165, 1.54) is 24.0 Å². The normalized spacial score (nSPS) is 15.9. The number of aryl methyl sites for hydroxylation is 2. The molecule has 1 fully saturated rings. The molecule has 1 aromatic carbocycles. The fourth-order valence-electron chi connectivity index (χ4n) is 2.79. The van der Waals surface area contributed by atoms with E-state index in [9.17, 15) is 0 Å². The number of piperidine rings is 1. The molecular formula is C17H23N5. The second-order valence-corrected chi connectivity index (χ2v) is 6.25. The Hall–Kier alpha value is -2.17. The molecule has 0 saturated carbocycles. The molecule has 1 aliphatic heterocycles. The summed E-state index contributed by atoms with van der Waals surface area (Å²) in [4.78, 5) is 6.84. The van der Waals surface area contributed by atoms with Crippen LogP contribution in [0.1, 0.15) is 30.9 Å². The molecule has 1 aliphatic rings. The maximum absolute atomic E-state index is 4.62. The van der Waals surface area contributed by atoms with Gasteiger partial charge in [-0.2, -0.15) is 10.1 Å². The maximum Gasteiger partial charge on any atom is 0.247 e. The predicted octanol–water partition coefficient (Wildman–Crippen LogP) is 3.47. The molecule has 116 valence electrons. The van der Waals surface area contributed by atoms with Crippen LogP contribution >= 0.6 is 0 Å². The van der Waals surface area contributed by atoms with Gasteiger partial charge >= 0.3 is 0 Å². The largest absolute Gasteiger partial charge is 0.339 e. The second-order valence-electron chi connectivity index (χ2n) is 6.25. The van der Waals surface area contributed by atoms with E-state index < -0.39 is 0 Å². The summed E-state index contributed by atoms with van der Waals surface area (Å²) in [5, 5.41) is 11.6. The van der Waals surface area contributed by atoms with Crippen molar-refractivity contribution < 1.29 is 0 Å². The lowest BCUT2D eigenvalue weighted by Crippen LogP contribution is -2.34. The first-order valence-electron chi connectivity index (χ1n) is 7.91. The molecule has 1 saturated heterocycles. The number of rotatable bonds is 3. The van der Waals surface area contributed by atoms with Crippen LogP contribution in [0.2, 0.25) is 0 Å². The molecule has 3 rings (SSSR count). The topological polar surface area (TPSA) is 53.9 Å². The molecule has 1 aromatic heterocycles. The van der Waals surface area contributed by atoms with E-state index in [-0.39, 0.29) is 0 Å². The van der Waals surface area contributed by atoms with Gasteiger partial charge in [0.2, 0.25) is 5.95 Å². The second kappa shape index (κ2) is 6.30. The van der Waals surface area contributed by atoms with Gasteiger partial charge < -0.3 is 10.2 Å². The number of nitrogens with zero attached hydrogens (tertiary/aromatic N) is 4.